The molecule has 2 rings (SSSR count). The quantitative estimate of drug-likeness (QED) is 0.819. The Morgan fingerprint density at radius 2 is 2.22 bits per heavy atom. The van der Waals surface area contributed by atoms with E-state index in [2.05, 4.69) is 5.43 Å². The minimum Gasteiger partial charge on any atom is -0.390 e. The summed E-state index contributed by atoms with van der Waals surface area (Å²) < 4.78 is 4.87. The third-order valence-corrected chi connectivity index (χ3v) is 3.12. The Bertz CT molecular complexity index is 396. The number of carbonyl (C=O) groups is 1. The molecule has 2 N–H and O–H groups in total. The van der Waals surface area contributed by atoms with Gasteiger partial charge >= 0.3 is 0 Å². The van der Waals surface area contributed by atoms with Crippen LogP contribution in [0.1, 0.15) is 6.42 Å². The second-order valence-electron chi connectivity index (χ2n) is 4.38. The van der Waals surface area contributed by atoms with Gasteiger partial charge in [-0.3, -0.25) is 15.2 Å². The zero-order valence-corrected chi connectivity index (χ0v) is 10.4. The van der Waals surface area contributed by atoms with Gasteiger partial charge in [0.15, 0.2) is 0 Å². The molecule has 1 aliphatic heterocycles. The van der Waals surface area contributed by atoms with Gasteiger partial charge in [-0.2, -0.15) is 0 Å². The molecule has 98 valence electrons. The number of ether oxygens (including phenoxy) is 1. The van der Waals surface area contributed by atoms with E-state index in [-0.39, 0.29) is 12.5 Å². The standard InChI is InChI=1S/C13H18N2O3/c1-18-9-12(16)11-7-8-15(14-13(11)17)10-5-3-2-4-6-10/h2-6,11-12,16H,7-9H2,1H3,(H,14,17). The highest BCUT2D eigenvalue weighted by molar-refractivity contribution is 5.82. The molecule has 0 aromatic heterocycles. The Kier molecular flexibility index (Phi) is 4.17. The van der Waals surface area contributed by atoms with Gasteiger partial charge in [-0.1, -0.05) is 18.2 Å². The number of benzene rings is 1. The lowest BCUT2D eigenvalue weighted by atomic mass is 9.96. The predicted molar refractivity (Wildman–Crippen MR) is 67.9 cm³/mol. The van der Waals surface area contributed by atoms with Gasteiger partial charge in [0.25, 0.3) is 0 Å². The fraction of sp³-hybridized carbons (Fsp3) is 0.462. The van der Waals surface area contributed by atoms with E-state index in [0.717, 1.165) is 5.69 Å². The van der Waals surface area contributed by atoms with E-state index in [1.54, 1.807) is 5.01 Å². The lowest BCUT2D eigenvalue weighted by Crippen LogP contribution is -2.54. The Morgan fingerprint density at radius 1 is 1.50 bits per heavy atom. The molecule has 0 spiro atoms. The number of aliphatic hydroxyl groups is 1. The van der Waals surface area contributed by atoms with Crippen molar-refractivity contribution >= 4 is 11.6 Å². The van der Waals surface area contributed by atoms with Gasteiger partial charge in [-0.05, 0) is 18.6 Å². The van der Waals surface area contributed by atoms with Crippen LogP contribution in [0.15, 0.2) is 30.3 Å². The molecule has 0 radical (unpaired) electrons. The third kappa shape index (κ3) is 2.80. The molecule has 0 saturated carbocycles. The van der Waals surface area contributed by atoms with Gasteiger partial charge in [0, 0.05) is 13.7 Å². The monoisotopic (exact) mass is 250 g/mol. The summed E-state index contributed by atoms with van der Waals surface area (Å²) in [4.78, 5) is 11.9. The molecule has 2 atom stereocenters. The van der Waals surface area contributed by atoms with Crippen molar-refractivity contribution in [3.8, 4) is 0 Å². The van der Waals surface area contributed by atoms with Crippen molar-refractivity contribution in [3.63, 3.8) is 0 Å². The van der Waals surface area contributed by atoms with E-state index in [1.807, 2.05) is 30.3 Å². The van der Waals surface area contributed by atoms with Crippen LogP contribution in [0.2, 0.25) is 0 Å². The molecule has 5 nitrogen and oxygen atoms in total. The third-order valence-electron chi connectivity index (χ3n) is 3.12. The molecule has 1 aromatic carbocycles. The van der Waals surface area contributed by atoms with Crippen LogP contribution in [0.25, 0.3) is 0 Å². The predicted octanol–water partition coefficient (Wildman–Crippen LogP) is 0.551. The number of rotatable bonds is 4. The van der Waals surface area contributed by atoms with E-state index in [4.69, 9.17) is 4.74 Å². The summed E-state index contributed by atoms with van der Waals surface area (Å²) in [5, 5.41) is 11.6. The summed E-state index contributed by atoms with van der Waals surface area (Å²) in [7, 11) is 1.51. The van der Waals surface area contributed by atoms with Gasteiger partial charge in [-0.25, -0.2) is 0 Å². The van der Waals surface area contributed by atoms with Gasteiger partial charge in [0.2, 0.25) is 5.91 Å². The van der Waals surface area contributed by atoms with E-state index < -0.39 is 12.0 Å². The lowest BCUT2D eigenvalue weighted by molar-refractivity contribution is -0.132. The second kappa shape index (κ2) is 5.84. The first-order chi connectivity index (χ1) is 8.72. The number of para-hydroxylation sites is 1. The Morgan fingerprint density at radius 3 is 2.83 bits per heavy atom. The summed E-state index contributed by atoms with van der Waals surface area (Å²) in [6.45, 7) is 0.866. The van der Waals surface area contributed by atoms with Crippen LogP contribution in [-0.2, 0) is 9.53 Å². The molecule has 5 heteroatoms. The van der Waals surface area contributed by atoms with Crippen LogP contribution in [0.5, 0.6) is 0 Å². The number of hydrazine groups is 1. The summed E-state index contributed by atoms with van der Waals surface area (Å²) >= 11 is 0. The number of nitrogens with zero attached hydrogens (tertiary/aromatic N) is 1. The van der Waals surface area contributed by atoms with Gasteiger partial charge < -0.3 is 9.84 Å². The normalized spacial score (nSPS) is 21.6. The molecule has 1 saturated heterocycles. The summed E-state index contributed by atoms with van der Waals surface area (Å²) in [5.74, 6) is -0.556. The van der Waals surface area contributed by atoms with Gasteiger partial charge in [-0.15, -0.1) is 0 Å². The van der Waals surface area contributed by atoms with Gasteiger partial charge in [0.05, 0.1) is 24.3 Å². The number of anilines is 1. The van der Waals surface area contributed by atoms with E-state index in [1.165, 1.54) is 7.11 Å². The van der Waals surface area contributed by atoms with Crippen molar-refractivity contribution in [2.45, 2.75) is 12.5 Å². The largest absolute Gasteiger partial charge is 0.390 e. The summed E-state index contributed by atoms with van der Waals surface area (Å²) in [6.07, 6.45) is -0.126. The minimum atomic E-state index is -0.743. The van der Waals surface area contributed by atoms with Crippen LogP contribution in [-0.4, -0.2) is 37.4 Å². The van der Waals surface area contributed by atoms with Crippen LogP contribution in [0, 0.1) is 5.92 Å². The second-order valence-corrected chi connectivity index (χ2v) is 4.38. The molecule has 1 aromatic rings. The number of aliphatic hydroxyl groups excluding tert-OH is 1. The molecule has 18 heavy (non-hydrogen) atoms. The molecule has 1 aliphatic rings. The molecular formula is C13H18N2O3. The number of carbonyl (C=O) groups excluding carboxylic acids is 1. The zero-order chi connectivity index (χ0) is 13.0. The van der Waals surface area contributed by atoms with Crippen LogP contribution in [0.4, 0.5) is 5.69 Å². The fourth-order valence-corrected chi connectivity index (χ4v) is 2.13. The highest BCUT2D eigenvalue weighted by Gasteiger charge is 2.32. The van der Waals surface area contributed by atoms with Crippen LogP contribution in [0.3, 0.4) is 0 Å². The smallest absolute Gasteiger partial charge is 0.244 e. The van der Waals surface area contributed by atoms with Crippen molar-refractivity contribution in [3.05, 3.63) is 30.3 Å². The number of nitrogens with one attached hydrogen (secondary N) is 1. The average Bonchev–Trinajstić information content (AvgIpc) is 2.40. The first kappa shape index (κ1) is 12.9. The number of methoxy groups -OCH3 is 1. The van der Waals surface area contributed by atoms with E-state index >= 15 is 0 Å². The van der Waals surface area contributed by atoms with Crippen LogP contribution >= 0.6 is 0 Å². The van der Waals surface area contributed by atoms with Crippen molar-refractivity contribution in [1.82, 2.24) is 5.43 Å². The topological polar surface area (TPSA) is 61.8 Å². The number of amides is 1. The molecule has 1 fully saturated rings. The Balaban J connectivity index is 1.98. The average molecular weight is 250 g/mol. The minimum absolute atomic E-state index is 0.158. The first-order valence-corrected chi connectivity index (χ1v) is 6.02. The molecule has 0 aliphatic carbocycles. The molecule has 1 amide bonds. The fourth-order valence-electron chi connectivity index (χ4n) is 2.13. The highest BCUT2D eigenvalue weighted by Crippen LogP contribution is 2.20. The molecule has 2 unspecified atom stereocenters. The van der Waals surface area contributed by atoms with Crippen molar-refractivity contribution < 1.29 is 14.6 Å². The molecule has 1 heterocycles. The zero-order valence-electron chi connectivity index (χ0n) is 10.4. The van der Waals surface area contributed by atoms with Crippen LogP contribution < -0.4 is 10.4 Å². The highest BCUT2D eigenvalue weighted by atomic mass is 16.5. The van der Waals surface area contributed by atoms with Crippen molar-refractivity contribution in [1.29, 1.82) is 0 Å². The molecular weight excluding hydrogens is 232 g/mol. The van der Waals surface area contributed by atoms with Crippen molar-refractivity contribution in [2.75, 3.05) is 25.3 Å². The summed E-state index contributed by atoms with van der Waals surface area (Å²) in [5.41, 5.74) is 3.75. The first-order valence-electron chi connectivity index (χ1n) is 6.02. The lowest BCUT2D eigenvalue weighted by Gasteiger charge is -2.35. The Hall–Kier alpha value is -1.59. The maximum absolute atomic E-state index is 11.9. The Labute approximate surface area is 106 Å². The number of hydrogen-bond acceptors (Lipinski definition) is 4. The maximum Gasteiger partial charge on any atom is 0.244 e. The van der Waals surface area contributed by atoms with E-state index in [0.29, 0.717) is 13.0 Å². The van der Waals surface area contributed by atoms with Crippen molar-refractivity contribution in [2.24, 2.45) is 5.92 Å². The SMILES string of the molecule is COCC(O)C1CCN(c2ccccc2)NC1=O. The number of hydrogen-bond donors (Lipinski definition) is 2. The molecule has 0 bridgehead atoms. The maximum atomic E-state index is 11.9. The summed E-state index contributed by atoms with van der Waals surface area (Å²) in [6, 6.07) is 9.65. The van der Waals surface area contributed by atoms with Gasteiger partial charge in [0.1, 0.15) is 0 Å². The van der Waals surface area contributed by atoms with E-state index in [9.17, 15) is 9.90 Å².